The summed E-state index contributed by atoms with van der Waals surface area (Å²) in [6.07, 6.45) is 2.35. The average molecular weight is 100 g/mol. The lowest BCUT2D eigenvalue weighted by Gasteiger charge is -1.82. The maximum absolute atomic E-state index is 10.0. The van der Waals surface area contributed by atoms with Crippen molar-refractivity contribution in [3.05, 3.63) is 11.6 Å². The molecule has 0 heterocycles. The summed E-state index contributed by atoms with van der Waals surface area (Å²) in [5.74, 6) is -0.625. The average Bonchev–Trinajstić information content (AvgIpc) is 2.44. The van der Waals surface area contributed by atoms with Gasteiger partial charge in [-0.15, -0.1) is 0 Å². The number of allylic oxidation sites excluding steroid dienone is 1. The van der Waals surface area contributed by atoms with Crippen LogP contribution in [0.15, 0.2) is 11.6 Å². The Morgan fingerprint density at radius 3 is 2.71 bits per heavy atom. The molecule has 0 fully saturated rings. The predicted molar refractivity (Wildman–Crippen MR) is 21.4 cm³/mol. The Balaban J connectivity index is 2.39. The molecule has 0 radical (unpaired) electrons. The minimum absolute atomic E-state index is 0.558. The lowest BCUT2D eigenvalue weighted by molar-refractivity contribution is -0.228. The van der Waals surface area contributed by atoms with Crippen molar-refractivity contribution in [3.63, 3.8) is 0 Å². The van der Waals surface area contributed by atoms with Gasteiger partial charge in [-0.25, -0.2) is 4.79 Å². The van der Waals surface area contributed by atoms with E-state index in [9.17, 15) is 4.79 Å². The molecular weight excluding hydrogens is 96.0 g/mol. The molecule has 0 aromatic carbocycles. The van der Waals surface area contributed by atoms with Crippen molar-refractivity contribution in [1.29, 1.82) is 0 Å². The Bertz CT molecular complexity index is 125. The highest BCUT2D eigenvalue weighted by molar-refractivity contribution is 5.92. The van der Waals surface area contributed by atoms with E-state index >= 15 is 0 Å². The molecule has 38 valence electrons. The summed E-state index contributed by atoms with van der Waals surface area (Å²) < 4.78 is 0. The second-order valence-corrected chi connectivity index (χ2v) is 1.31. The summed E-state index contributed by atoms with van der Waals surface area (Å²) in [5.41, 5.74) is 0.558. The van der Waals surface area contributed by atoms with Crippen molar-refractivity contribution in [2.75, 3.05) is 0 Å². The number of rotatable bonds is 1. The first-order valence-electron chi connectivity index (χ1n) is 1.89. The Morgan fingerprint density at radius 1 is 2.00 bits per heavy atom. The highest BCUT2D eigenvalue weighted by atomic mass is 17.1. The molecule has 0 atom stereocenters. The van der Waals surface area contributed by atoms with Crippen LogP contribution in [0.2, 0.25) is 0 Å². The SMILES string of the molecule is O=C(OO)C1=CC1. The van der Waals surface area contributed by atoms with Gasteiger partial charge >= 0.3 is 5.97 Å². The zero-order valence-electron chi connectivity index (χ0n) is 3.55. The summed E-state index contributed by atoms with van der Waals surface area (Å²) >= 11 is 0. The van der Waals surface area contributed by atoms with E-state index in [2.05, 4.69) is 4.89 Å². The maximum Gasteiger partial charge on any atom is 0.368 e. The molecule has 3 nitrogen and oxygen atoms in total. The largest absolute Gasteiger partial charge is 0.368 e. The topological polar surface area (TPSA) is 46.5 Å². The molecule has 1 N–H and O–H groups in total. The fourth-order valence-electron chi connectivity index (χ4n) is 0.276. The van der Waals surface area contributed by atoms with E-state index in [1.807, 2.05) is 0 Å². The lowest BCUT2D eigenvalue weighted by Crippen LogP contribution is -1.96. The molecule has 0 saturated carbocycles. The van der Waals surface area contributed by atoms with Gasteiger partial charge in [-0.2, -0.15) is 5.26 Å². The van der Waals surface area contributed by atoms with Crippen LogP contribution in [-0.2, 0) is 9.68 Å². The molecule has 0 aromatic rings. The summed E-state index contributed by atoms with van der Waals surface area (Å²) in [7, 11) is 0. The Kier molecular flexibility index (Phi) is 0.834. The van der Waals surface area contributed by atoms with Crippen molar-refractivity contribution in [2.24, 2.45) is 0 Å². The first-order valence-corrected chi connectivity index (χ1v) is 1.89. The Labute approximate surface area is 40.1 Å². The maximum atomic E-state index is 10.0. The summed E-state index contributed by atoms with van der Waals surface area (Å²) in [6.45, 7) is 0. The first kappa shape index (κ1) is 4.33. The Morgan fingerprint density at radius 2 is 2.57 bits per heavy atom. The van der Waals surface area contributed by atoms with Crippen LogP contribution < -0.4 is 0 Å². The van der Waals surface area contributed by atoms with E-state index in [1.165, 1.54) is 0 Å². The highest BCUT2D eigenvalue weighted by Gasteiger charge is 2.17. The van der Waals surface area contributed by atoms with E-state index in [-0.39, 0.29) is 0 Å². The van der Waals surface area contributed by atoms with Crippen LogP contribution in [0.25, 0.3) is 0 Å². The minimum atomic E-state index is -0.625. The molecule has 0 amide bonds. The molecule has 0 aromatic heterocycles. The van der Waals surface area contributed by atoms with Crippen molar-refractivity contribution in [3.8, 4) is 0 Å². The van der Waals surface area contributed by atoms with Gasteiger partial charge in [-0.1, -0.05) is 6.08 Å². The molecular formula is C4H4O3. The number of carbonyl (C=O) groups is 1. The lowest BCUT2D eigenvalue weighted by atomic mass is 10.5. The standard InChI is InChI=1S/C4H4O3/c5-4(7-6)3-1-2-3/h1,6H,2H2. The van der Waals surface area contributed by atoms with E-state index in [1.54, 1.807) is 6.08 Å². The summed E-state index contributed by atoms with van der Waals surface area (Å²) in [4.78, 5) is 13.4. The molecule has 1 aliphatic carbocycles. The molecule has 3 heteroatoms. The predicted octanol–water partition coefficient (Wildman–Crippen LogP) is 0.333. The van der Waals surface area contributed by atoms with Crippen molar-refractivity contribution in [1.82, 2.24) is 0 Å². The number of hydrogen-bond donors (Lipinski definition) is 1. The number of hydrogen-bond acceptors (Lipinski definition) is 3. The Hall–Kier alpha value is -0.830. The van der Waals surface area contributed by atoms with Gasteiger partial charge in [0.2, 0.25) is 0 Å². The van der Waals surface area contributed by atoms with Crippen LogP contribution in [0.4, 0.5) is 0 Å². The third-order valence-electron chi connectivity index (χ3n) is 0.753. The fraction of sp³-hybridized carbons (Fsp3) is 0.250. The summed E-state index contributed by atoms with van der Waals surface area (Å²) in [5, 5.41) is 7.65. The van der Waals surface area contributed by atoms with E-state index < -0.39 is 5.97 Å². The zero-order chi connectivity index (χ0) is 5.28. The highest BCUT2D eigenvalue weighted by Crippen LogP contribution is 2.18. The van der Waals surface area contributed by atoms with Gasteiger partial charge in [-0.3, -0.25) is 4.89 Å². The van der Waals surface area contributed by atoms with Gasteiger partial charge in [-0.05, 0) is 6.42 Å². The van der Waals surface area contributed by atoms with Crippen molar-refractivity contribution in [2.45, 2.75) is 6.42 Å². The van der Waals surface area contributed by atoms with Crippen LogP contribution >= 0.6 is 0 Å². The number of carbonyl (C=O) groups excluding carboxylic acids is 1. The minimum Gasteiger partial charge on any atom is -0.296 e. The molecule has 1 rings (SSSR count). The third-order valence-corrected chi connectivity index (χ3v) is 0.753. The second kappa shape index (κ2) is 1.35. The summed E-state index contributed by atoms with van der Waals surface area (Å²) in [6, 6.07) is 0. The van der Waals surface area contributed by atoms with Gasteiger partial charge in [0.1, 0.15) is 0 Å². The van der Waals surface area contributed by atoms with Gasteiger partial charge in [0.25, 0.3) is 0 Å². The molecule has 0 spiro atoms. The van der Waals surface area contributed by atoms with Crippen LogP contribution in [-0.4, -0.2) is 11.2 Å². The van der Waals surface area contributed by atoms with E-state index in [4.69, 9.17) is 5.26 Å². The fourth-order valence-corrected chi connectivity index (χ4v) is 0.276. The van der Waals surface area contributed by atoms with Gasteiger partial charge in [0.05, 0.1) is 0 Å². The van der Waals surface area contributed by atoms with Crippen LogP contribution in [0.1, 0.15) is 6.42 Å². The first-order chi connectivity index (χ1) is 3.34. The third kappa shape index (κ3) is 0.778. The van der Waals surface area contributed by atoms with Crippen LogP contribution in [0, 0.1) is 0 Å². The molecule has 1 aliphatic rings. The van der Waals surface area contributed by atoms with Gasteiger partial charge in [0, 0.05) is 5.57 Å². The zero-order valence-corrected chi connectivity index (χ0v) is 3.55. The normalized spacial score (nSPS) is 15.3. The molecule has 0 aliphatic heterocycles. The smallest absolute Gasteiger partial charge is 0.296 e. The second-order valence-electron chi connectivity index (χ2n) is 1.31. The molecule has 0 unspecified atom stereocenters. The van der Waals surface area contributed by atoms with E-state index in [0.29, 0.717) is 12.0 Å². The molecule has 7 heavy (non-hydrogen) atoms. The monoisotopic (exact) mass is 100 g/mol. The molecule has 0 bridgehead atoms. The van der Waals surface area contributed by atoms with Gasteiger partial charge in [0.15, 0.2) is 0 Å². The molecule has 0 saturated heterocycles. The van der Waals surface area contributed by atoms with Crippen molar-refractivity contribution < 1.29 is 14.9 Å². The van der Waals surface area contributed by atoms with Crippen molar-refractivity contribution >= 4 is 5.97 Å². The van der Waals surface area contributed by atoms with Gasteiger partial charge < -0.3 is 0 Å². The van der Waals surface area contributed by atoms with Crippen LogP contribution in [0.5, 0.6) is 0 Å². The quantitative estimate of drug-likeness (QED) is 0.381. The van der Waals surface area contributed by atoms with Crippen LogP contribution in [0.3, 0.4) is 0 Å². The van der Waals surface area contributed by atoms with E-state index in [0.717, 1.165) is 0 Å².